The van der Waals surface area contributed by atoms with Crippen molar-refractivity contribution in [1.29, 1.82) is 0 Å². The first-order valence-electron chi connectivity index (χ1n) is 15.2. The van der Waals surface area contributed by atoms with Crippen molar-refractivity contribution in [2.75, 3.05) is 53.6 Å². The number of rotatable bonds is 6. The van der Waals surface area contributed by atoms with Gasteiger partial charge in [-0.25, -0.2) is 17.6 Å². The molecular formula is C34H39F7N4O2S. The molecule has 1 amide bonds. The number of hydrogen-bond donors (Lipinski definition) is 2. The minimum Gasteiger partial charge on any atom is -0.496 e. The molecule has 0 aromatic heterocycles. The van der Waals surface area contributed by atoms with Gasteiger partial charge in [-0.15, -0.1) is 11.8 Å². The standard InChI is InChI=1S/C22H23F5N2O2S.C12H16F2N2/c1-29-8-4-7-21(12-29,15-11-14(23)5-6-16(15)24)28-20(30)19-17(31-2)9-13(22(25,26)27)10-18(19)32-3;1-16-6-2-5-12(15,8-16)10-7-9(13)3-4-11(10)14/h5-6,9-11H,4,7-8,12H2,1-3H3,(H,28,30);3-4,7H,2,5-6,8,15H2,1H3. The maximum absolute atomic E-state index is 14.8. The molecule has 5 rings (SSSR count). The Morgan fingerprint density at radius 2 is 1.44 bits per heavy atom. The van der Waals surface area contributed by atoms with E-state index in [1.54, 1.807) is 13.3 Å². The van der Waals surface area contributed by atoms with E-state index in [0.717, 1.165) is 67.2 Å². The summed E-state index contributed by atoms with van der Waals surface area (Å²) in [6.07, 6.45) is -0.541. The SMILES string of the molecule is CN1CCCC(N)(c2cc(F)ccc2F)C1.COc1cc(C(F)(F)F)cc(SC)c1C(=O)NC1(c2cc(F)ccc2F)CCCN(C)C1. The van der Waals surface area contributed by atoms with Gasteiger partial charge in [0.1, 0.15) is 29.0 Å². The molecule has 262 valence electrons. The number of nitrogens with two attached hydrogens (primary N) is 1. The summed E-state index contributed by atoms with van der Waals surface area (Å²) in [6.45, 7) is 2.42. The monoisotopic (exact) mass is 700 g/mol. The lowest BCUT2D eigenvalue weighted by molar-refractivity contribution is -0.137. The first kappa shape index (κ1) is 37.5. The van der Waals surface area contributed by atoms with E-state index < -0.39 is 52.0 Å². The summed E-state index contributed by atoms with van der Waals surface area (Å²) in [7, 11) is 4.91. The number of piperidine rings is 2. The number of alkyl halides is 3. The van der Waals surface area contributed by atoms with Crippen LogP contribution in [0.3, 0.4) is 0 Å². The predicted octanol–water partition coefficient (Wildman–Crippen LogP) is 6.91. The lowest BCUT2D eigenvalue weighted by atomic mass is 9.81. The molecule has 2 fully saturated rings. The molecule has 14 heteroatoms. The molecule has 6 nitrogen and oxygen atoms in total. The Bertz CT molecular complexity index is 1600. The van der Waals surface area contributed by atoms with Crippen LogP contribution in [0.4, 0.5) is 30.7 Å². The molecule has 0 aliphatic carbocycles. The Balaban J connectivity index is 0.000000271. The molecule has 3 N–H and O–H groups in total. The summed E-state index contributed by atoms with van der Waals surface area (Å²) >= 11 is 0.961. The van der Waals surface area contributed by atoms with Crippen molar-refractivity contribution in [2.24, 2.45) is 5.73 Å². The molecule has 2 saturated heterocycles. The Morgan fingerprint density at radius 3 is 1.98 bits per heavy atom. The first-order chi connectivity index (χ1) is 22.5. The predicted molar refractivity (Wildman–Crippen MR) is 171 cm³/mol. The average molecular weight is 701 g/mol. The summed E-state index contributed by atoms with van der Waals surface area (Å²) in [5, 5.41) is 2.81. The second kappa shape index (κ2) is 15.1. The van der Waals surface area contributed by atoms with Crippen LogP contribution in [0.2, 0.25) is 0 Å². The van der Waals surface area contributed by atoms with Crippen LogP contribution in [0.25, 0.3) is 0 Å². The highest BCUT2D eigenvalue weighted by Crippen LogP contribution is 2.40. The minimum absolute atomic E-state index is 0.00557. The molecule has 2 aliphatic heterocycles. The van der Waals surface area contributed by atoms with Crippen LogP contribution in [-0.4, -0.2) is 69.3 Å². The number of carbonyl (C=O) groups excluding carboxylic acids is 1. The first-order valence-corrected chi connectivity index (χ1v) is 16.5. The second-order valence-corrected chi connectivity index (χ2v) is 13.2. The quantitative estimate of drug-likeness (QED) is 0.215. The van der Waals surface area contributed by atoms with Gasteiger partial charge in [0.2, 0.25) is 0 Å². The van der Waals surface area contributed by atoms with Crippen LogP contribution in [0, 0.1) is 23.3 Å². The number of benzene rings is 3. The molecule has 3 aromatic rings. The van der Waals surface area contributed by atoms with Crippen LogP contribution in [0.15, 0.2) is 53.4 Å². The Hall–Kier alpha value is -3.33. The zero-order valence-corrected chi connectivity index (χ0v) is 27.9. The number of ether oxygens (including phenoxy) is 1. The lowest BCUT2D eigenvalue weighted by Gasteiger charge is -2.42. The van der Waals surface area contributed by atoms with Gasteiger partial charge in [0.15, 0.2) is 0 Å². The van der Waals surface area contributed by atoms with Gasteiger partial charge < -0.3 is 25.6 Å². The summed E-state index contributed by atoms with van der Waals surface area (Å²) in [5.41, 5.74) is 3.42. The number of halogens is 7. The second-order valence-electron chi connectivity index (χ2n) is 12.4. The molecule has 0 bridgehead atoms. The van der Waals surface area contributed by atoms with Crippen LogP contribution in [-0.2, 0) is 17.3 Å². The number of likely N-dealkylation sites (N-methyl/N-ethyl adjacent to an activating group) is 2. The Morgan fingerprint density at radius 1 is 0.875 bits per heavy atom. The number of methoxy groups -OCH3 is 1. The van der Waals surface area contributed by atoms with E-state index in [1.807, 2.05) is 16.8 Å². The van der Waals surface area contributed by atoms with Crippen LogP contribution in [0.1, 0.15) is 52.7 Å². The molecule has 48 heavy (non-hydrogen) atoms. The molecule has 2 aliphatic rings. The summed E-state index contributed by atoms with van der Waals surface area (Å²) in [4.78, 5) is 17.4. The van der Waals surface area contributed by atoms with E-state index >= 15 is 0 Å². The van der Waals surface area contributed by atoms with Gasteiger partial charge in [-0.2, -0.15) is 13.2 Å². The fourth-order valence-corrected chi connectivity index (χ4v) is 7.15. The Kier molecular flexibility index (Phi) is 11.8. The minimum atomic E-state index is -4.62. The number of carbonyl (C=O) groups is 1. The maximum Gasteiger partial charge on any atom is 0.416 e. The maximum atomic E-state index is 14.8. The molecule has 2 unspecified atom stereocenters. The fraction of sp³-hybridized carbons (Fsp3) is 0.441. The van der Waals surface area contributed by atoms with Crippen molar-refractivity contribution in [2.45, 2.75) is 47.8 Å². The molecule has 0 saturated carbocycles. The average Bonchev–Trinajstić information content (AvgIpc) is 3.02. The zero-order chi connectivity index (χ0) is 35.4. The van der Waals surface area contributed by atoms with E-state index in [-0.39, 0.29) is 28.3 Å². The molecule has 0 spiro atoms. The summed E-state index contributed by atoms with van der Waals surface area (Å²) in [6, 6.07) is 8.16. The van der Waals surface area contributed by atoms with Gasteiger partial charge >= 0.3 is 6.18 Å². The van der Waals surface area contributed by atoms with Gasteiger partial charge in [-0.3, -0.25) is 4.79 Å². The fourth-order valence-electron chi connectivity index (χ4n) is 6.51. The molecule has 2 atom stereocenters. The number of amides is 1. The van der Waals surface area contributed by atoms with Gasteiger partial charge in [0.25, 0.3) is 5.91 Å². The van der Waals surface area contributed by atoms with Gasteiger partial charge in [0.05, 0.1) is 29.3 Å². The van der Waals surface area contributed by atoms with Crippen LogP contribution < -0.4 is 15.8 Å². The van der Waals surface area contributed by atoms with E-state index in [0.29, 0.717) is 37.9 Å². The van der Waals surface area contributed by atoms with Gasteiger partial charge in [0, 0.05) is 29.1 Å². The lowest BCUT2D eigenvalue weighted by Crippen LogP contribution is -2.56. The number of nitrogens with one attached hydrogen (secondary N) is 1. The zero-order valence-electron chi connectivity index (χ0n) is 27.1. The smallest absolute Gasteiger partial charge is 0.416 e. The highest BCUT2D eigenvalue weighted by atomic mass is 32.2. The van der Waals surface area contributed by atoms with Crippen molar-refractivity contribution in [3.05, 3.63) is 94.1 Å². The number of thioether (sulfide) groups is 1. The number of nitrogens with zero attached hydrogens (tertiary/aromatic N) is 2. The van der Waals surface area contributed by atoms with E-state index in [1.165, 1.54) is 13.2 Å². The van der Waals surface area contributed by atoms with Crippen molar-refractivity contribution in [1.82, 2.24) is 15.1 Å². The molecule has 3 aromatic carbocycles. The normalized spacial score (nSPS) is 22.1. The molecule has 2 heterocycles. The van der Waals surface area contributed by atoms with Crippen LogP contribution >= 0.6 is 11.8 Å². The third kappa shape index (κ3) is 8.44. The highest BCUT2D eigenvalue weighted by molar-refractivity contribution is 7.98. The summed E-state index contributed by atoms with van der Waals surface area (Å²) < 4.78 is 101. The van der Waals surface area contributed by atoms with Crippen molar-refractivity contribution in [3.63, 3.8) is 0 Å². The van der Waals surface area contributed by atoms with Gasteiger partial charge in [-0.05, 0) is 108 Å². The third-order valence-electron chi connectivity index (χ3n) is 8.72. The molecule has 0 radical (unpaired) electrons. The van der Waals surface area contributed by atoms with E-state index in [4.69, 9.17) is 10.5 Å². The van der Waals surface area contributed by atoms with Crippen molar-refractivity contribution in [3.8, 4) is 5.75 Å². The third-order valence-corrected chi connectivity index (χ3v) is 9.48. The number of hydrogen-bond acceptors (Lipinski definition) is 6. The topological polar surface area (TPSA) is 70.8 Å². The molecular weight excluding hydrogens is 661 g/mol. The largest absolute Gasteiger partial charge is 0.496 e. The van der Waals surface area contributed by atoms with Gasteiger partial charge in [-0.1, -0.05) is 0 Å². The van der Waals surface area contributed by atoms with E-state index in [2.05, 4.69) is 5.32 Å². The van der Waals surface area contributed by atoms with Crippen molar-refractivity contribution < 1.29 is 40.3 Å². The highest BCUT2D eigenvalue weighted by Gasteiger charge is 2.41. The number of likely N-dealkylation sites (tertiary alicyclic amines) is 2. The van der Waals surface area contributed by atoms with E-state index in [9.17, 15) is 35.5 Å². The van der Waals surface area contributed by atoms with Crippen LogP contribution in [0.5, 0.6) is 5.75 Å². The Labute approximate surface area is 279 Å². The van der Waals surface area contributed by atoms with Crippen molar-refractivity contribution >= 4 is 17.7 Å². The summed E-state index contributed by atoms with van der Waals surface area (Å²) in [5.74, 6) is -3.15.